The van der Waals surface area contributed by atoms with Gasteiger partial charge in [-0.1, -0.05) is 18.2 Å². The van der Waals surface area contributed by atoms with E-state index in [1.165, 1.54) is 0 Å². The van der Waals surface area contributed by atoms with Crippen molar-refractivity contribution in [2.24, 2.45) is 0 Å². The number of allylic oxidation sites excluding steroid dienone is 2. The summed E-state index contributed by atoms with van der Waals surface area (Å²) in [6.45, 7) is 18.3. The first-order valence-corrected chi connectivity index (χ1v) is 12.6. The van der Waals surface area contributed by atoms with Crippen LogP contribution in [0.15, 0.2) is 23.1 Å². The minimum absolute atomic E-state index is 0.504. The zero-order chi connectivity index (χ0) is 13.1. The van der Waals surface area contributed by atoms with Gasteiger partial charge in [-0.05, 0) is 46.2 Å². The summed E-state index contributed by atoms with van der Waals surface area (Å²) >= 11 is 6.17. The van der Waals surface area contributed by atoms with Crippen molar-refractivity contribution in [1.29, 1.82) is 0 Å². The van der Waals surface area contributed by atoms with Gasteiger partial charge in [0.25, 0.3) is 0 Å². The molecular weight excluding hydrogens is 256 g/mol. The molecule has 0 aliphatic heterocycles. The molecule has 0 spiro atoms. The second-order valence-corrected chi connectivity index (χ2v) is 15.0. The highest BCUT2D eigenvalue weighted by atomic mass is 35.5. The molecule has 0 N–H and O–H groups in total. The maximum atomic E-state index is 6.17. The molecule has 0 aliphatic rings. The molecule has 0 aromatic carbocycles. The van der Waals surface area contributed by atoms with E-state index in [1.54, 1.807) is 0 Å². The Hall–Kier alpha value is -0.196. The van der Waals surface area contributed by atoms with Crippen LogP contribution in [0.2, 0.25) is 39.3 Å². The van der Waals surface area contributed by atoms with Crippen molar-refractivity contribution in [3.8, 4) is 0 Å². The monoisotopic (exact) mass is 278 g/mol. The Bertz CT molecular complexity index is 298. The van der Waals surface area contributed by atoms with Crippen molar-refractivity contribution in [2.75, 3.05) is 0 Å². The molecule has 0 aromatic rings. The summed E-state index contributed by atoms with van der Waals surface area (Å²) < 4.78 is 11.5. The zero-order valence-electron chi connectivity index (χ0n) is 11.4. The molecule has 0 aromatic heterocycles. The fraction of sp³-hybridized carbons (Fsp3) is 0.636. The SMILES string of the molecule is C=C(O[Si](C)(C)C)/C(Cl)=C(\C)O[Si](C)(C)C. The van der Waals surface area contributed by atoms with Crippen molar-refractivity contribution in [2.45, 2.75) is 46.2 Å². The zero-order valence-corrected chi connectivity index (χ0v) is 14.2. The van der Waals surface area contributed by atoms with E-state index in [0.29, 0.717) is 16.6 Å². The highest BCUT2D eigenvalue weighted by Crippen LogP contribution is 2.25. The second-order valence-electron chi connectivity index (χ2n) is 5.72. The molecule has 0 saturated carbocycles. The summed E-state index contributed by atoms with van der Waals surface area (Å²) in [5.41, 5.74) is 0. The summed E-state index contributed by atoms with van der Waals surface area (Å²) in [6, 6.07) is 0. The van der Waals surface area contributed by atoms with Gasteiger partial charge in [-0.15, -0.1) is 0 Å². The van der Waals surface area contributed by atoms with Crippen LogP contribution < -0.4 is 0 Å². The Balaban J connectivity index is 4.70. The van der Waals surface area contributed by atoms with Gasteiger partial charge in [0.15, 0.2) is 0 Å². The first-order chi connectivity index (χ1) is 6.92. The largest absolute Gasteiger partial charge is 0.546 e. The fourth-order valence-electron chi connectivity index (χ4n) is 1.11. The van der Waals surface area contributed by atoms with Gasteiger partial charge in [0.1, 0.15) is 10.8 Å². The fourth-order valence-corrected chi connectivity index (χ4v) is 3.18. The molecular formula is C11H23ClO2Si2. The lowest BCUT2D eigenvalue weighted by Crippen LogP contribution is -2.26. The molecule has 0 aliphatic carbocycles. The Morgan fingerprint density at radius 3 is 1.62 bits per heavy atom. The van der Waals surface area contributed by atoms with Crippen LogP contribution in [0, 0.1) is 0 Å². The lowest BCUT2D eigenvalue weighted by Gasteiger charge is -2.24. The van der Waals surface area contributed by atoms with Gasteiger partial charge in [0.2, 0.25) is 16.6 Å². The Morgan fingerprint density at radius 1 is 0.938 bits per heavy atom. The Kier molecular flexibility index (Phi) is 5.36. The van der Waals surface area contributed by atoms with E-state index in [1.807, 2.05) is 6.92 Å². The average molecular weight is 279 g/mol. The van der Waals surface area contributed by atoms with Gasteiger partial charge < -0.3 is 8.85 Å². The molecule has 0 bridgehead atoms. The summed E-state index contributed by atoms with van der Waals surface area (Å²) in [6.07, 6.45) is 0. The Labute approximate surface area is 107 Å². The average Bonchev–Trinajstić information content (AvgIpc) is 1.96. The standard InChI is InChI=1S/C11H23ClO2Si2/c1-9(13-15(3,4)5)11(12)10(2)14-16(6,7)8/h1H2,2-8H3/b11-10-. The van der Waals surface area contributed by atoms with Crippen molar-refractivity contribution < 1.29 is 8.85 Å². The van der Waals surface area contributed by atoms with Gasteiger partial charge >= 0.3 is 0 Å². The minimum atomic E-state index is -1.65. The minimum Gasteiger partial charge on any atom is -0.546 e. The summed E-state index contributed by atoms with van der Waals surface area (Å²) in [5.74, 6) is 1.24. The second kappa shape index (κ2) is 5.42. The van der Waals surface area contributed by atoms with Crippen LogP contribution in [0.1, 0.15) is 6.92 Å². The molecule has 0 fully saturated rings. The first-order valence-electron chi connectivity index (χ1n) is 5.36. The molecule has 5 heteroatoms. The lowest BCUT2D eigenvalue weighted by molar-refractivity contribution is 0.402. The molecule has 94 valence electrons. The molecule has 0 rings (SSSR count). The number of rotatable bonds is 5. The van der Waals surface area contributed by atoms with Gasteiger partial charge in [-0.3, -0.25) is 0 Å². The highest BCUT2D eigenvalue weighted by molar-refractivity contribution is 6.70. The lowest BCUT2D eigenvalue weighted by atomic mass is 10.4. The van der Waals surface area contributed by atoms with Crippen LogP contribution in [-0.2, 0) is 8.85 Å². The number of halogens is 1. The van der Waals surface area contributed by atoms with E-state index in [-0.39, 0.29) is 0 Å². The predicted molar refractivity (Wildman–Crippen MR) is 76.6 cm³/mol. The van der Waals surface area contributed by atoms with Crippen LogP contribution in [0.25, 0.3) is 0 Å². The van der Waals surface area contributed by atoms with Crippen LogP contribution in [0.4, 0.5) is 0 Å². The molecule has 16 heavy (non-hydrogen) atoms. The molecule has 0 radical (unpaired) electrons. The van der Waals surface area contributed by atoms with E-state index >= 15 is 0 Å². The maximum absolute atomic E-state index is 6.17. The molecule has 0 unspecified atom stereocenters. The van der Waals surface area contributed by atoms with Gasteiger partial charge in [-0.2, -0.15) is 0 Å². The molecule has 0 heterocycles. The quantitative estimate of drug-likeness (QED) is 0.413. The Morgan fingerprint density at radius 2 is 1.31 bits per heavy atom. The topological polar surface area (TPSA) is 18.5 Å². The van der Waals surface area contributed by atoms with Crippen molar-refractivity contribution >= 4 is 28.2 Å². The third-order valence-electron chi connectivity index (χ3n) is 1.44. The van der Waals surface area contributed by atoms with Crippen LogP contribution in [-0.4, -0.2) is 16.6 Å². The van der Waals surface area contributed by atoms with E-state index in [2.05, 4.69) is 45.9 Å². The van der Waals surface area contributed by atoms with E-state index in [4.69, 9.17) is 20.5 Å². The molecule has 0 saturated heterocycles. The van der Waals surface area contributed by atoms with Crippen molar-refractivity contribution in [3.05, 3.63) is 23.1 Å². The van der Waals surface area contributed by atoms with E-state index in [0.717, 1.165) is 0 Å². The molecule has 0 atom stereocenters. The normalized spacial score (nSPS) is 14.2. The third-order valence-corrected chi connectivity index (χ3v) is 3.70. The summed E-state index contributed by atoms with van der Waals surface area (Å²) in [7, 11) is -3.27. The first kappa shape index (κ1) is 15.8. The van der Waals surface area contributed by atoms with Crippen LogP contribution in [0.3, 0.4) is 0 Å². The van der Waals surface area contributed by atoms with Gasteiger partial charge in [0.05, 0.1) is 5.76 Å². The summed E-state index contributed by atoms with van der Waals surface area (Å²) in [4.78, 5) is 0. The van der Waals surface area contributed by atoms with Crippen LogP contribution >= 0.6 is 11.6 Å². The number of hydrogen-bond donors (Lipinski definition) is 0. The van der Waals surface area contributed by atoms with Gasteiger partial charge in [0, 0.05) is 0 Å². The van der Waals surface area contributed by atoms with E-state index < -0.39 is 16.6 Å². The highest BCUT2D eigenvalue weighted by Gasteiger charge is 2.21. The van der Waals surface area contributed by atoms with Crippen molar-refractivity contribution in [3.63, 3.8) is 0 Å². The number of hydrogen-bond acceptors (Lipinski definition) is 2. The van der Waals surface area contributed by atoms with Gasteiger partial charge in [-0.25, -0.2) is 0 Å². The van der Waals surface area contributed by atoms with Crippen molar-refractivity contribution in [1.82, 2.24) is 0 Å². The van der Waals surface area contributed by atoms with E-state index in [9.17, 15) is 0 Å². The smallest absolute Gasteiger partial charge is 0.242 e. The molecule has 2 nitrogen and oxygen atoms in total. The third kappa shape index (κ3) is 7.14. The predicted octanol–water partition coefficient (Wildman–Crippen LogP) is 4.67. The summed E-state index contributed by atoms with van der Waals surface area (Å²) in [5, 5.41) is 0.504. The van der Waals surface area contributed by atoms with Crippen LogP contribution in [0.5, 0.6) is 0 Å². The maximum Gasteiger partial charge on any atom is 0.242 e. The molecule has 0 amide bonds.